The van der Waals surface area contributed by atoms with Crippen LogP contribution in [0.5, 0.6) is 0 Å². The van der Waals surface area contributed by atoms with E-state index in [1.165, 1.54) is 0 Å². The van der Waals surface area contributed by atoms with E-state index in [9.17, 15) is 9.90 Å². The molecule has 4 heteroatoms. The number of nitrogens with two attached hydrogens (primary N) is 1. The van der Waals surface area contributed by atoms with Crippen molar-refractivity contribution in [1.29, 1.82) is 0 Å². The molecule has 0 spiro atoms. The topological polar surface area (TPSA) is 72.5 Å². The molecular formula is C9H13NO3. The monoisotopic (exact) mass is 183 g/mol. The molecule has 1 fully saturated rings. The number of hydrogen-bond acceptors (Lipinski definition) is 3. The lowest BCUT2D eigenvalue weighted by atomic mass is 9.83. The standard InChI is InChI=1S/C9H13NO3/c1-2-9(13-8(10)12)5-3-4-7(11)6-9/h1,7,11H,3-6H2,(H2,10,12)/t7-,9+/m0/s1. The molecule has 0 aliphatic heterocycles. The summed E-state index contributed by atoms with van der Waals surface area (Å²) >= 11 is 0. The number of aliphatic hydroxyl groups excluding tert-OH is 1. The fourth-order valence-corrected chi connectivity index (χ4v) is 1.65. The van der Waals surface area contributed by atoms with Gasteiger partial charge in [0.2, 0.25) is 0 Å². The Morgan fingerprint density at radius 2 is 2.46 bits per heavy atom. The van der Waals surface area contributed by atoms with Gasteiger partial charge in [-0.3, -0.25) is 0 Å². The van der Waals surface area contributed by atoms with Crippen LogP contribution in [0.15, 0.2) is 0 Å². The van der Waals surface area contributed by atoms with Gasteiger partial charge in [-0.1, -0.05) is 5.92 Å². The summed E-state index contributed by atoms with van der Waals surface area (Å²) in [5, 5.41) is 9.36. The molecule has 2 atom stereocenters. The molecular weight excluding hydrogens is 170 g/mol. The highest BCUT2D eigenvalue weighted by atomic mass is 16.6. The third-order valence-corrected chi connectivity index (χ3v) is 2.24. The van der Waals surface area contributed by atoms with Crippen LogP contribution in [0, 0.1) is 12.3 Å². The molecule has 0 aromatic carbocycles. The first-order valence-electron chi connectivity index (χ1n) is 4.22. The van der Waals surface area contributed by atoms with E-state index in [2.05, 4.69) is 5.92 Å². The summed E-state index contributed by atoms with van der Waals surface area (Å²) in [7, 11) is 0. The van der Waals surface area contributed by atoms with Gasteiger partial charge in [-0.2, -0.15) is 0 Å². The van der Waals surface area contributed by atoms with Crippen molar-refractivity contribution in [2.24, 2.45) is 5.73 Å². The number of ether oxygens (including phenoxy) is 1. The van der Waals surface area contributed by atoms with Crippen molar-refractivity contribution in [2.45, 2.75) is 37.4 Å². The molecule has 1 saturated carbocycles. The Morgan fingerprint density at radius 3 is 2.92 bits per heavy atom. The smallest absolute Gasteiger partial charge is 0.406 e. The summed E-state index contributed by atoms with van der Waals surface area (Å²) in [6, 6.07) is 0. The predicted octanol–water partition coefficient (Wildman–Crippen LogP) is 0.389. The molecule has 3 N–H and O–H groups in total. The molecule has 0 saturated heterocycles. The molecule has 4 nitrogen and oxygen atoms in total. The van der Waals surface area contributed by atoms with Gasteiger partial charge in [-0.05, 0) is 19.3 Å². The van der Waals surface area contributed by atoms with Crippen LogP contribution in [0.4, 0.5) is 4.79 Å². The Labute approximate surface area is 77.1 Å². The Kier molecular flexibility index (Phi) is 2.79. The number of rotatable bonds is 1. The normalized spacial score (nSPS) is 33.4. The molecule has 0 aromatic rings. The van der Waals surface area contributed by atoms with E-state index >= 15 is 0 Å². The Balaban J connectivity index is 2.69. The van der Waals surface area contributed by atoms with Crippen LogP contribution in [-0.2, 0) is 4.74 Å². The van der Waals surface area contributed by atoms with Crippen molar-refractivity contribution in [3.63, 3.8) is 0 Å². The van der Waals surface area contributed by atoms with Crippen molar-refractivity contribution < 1.29 is 14.6 Å². The lowest BCUT2D eigenvalue weighted by molar-refractivity contribution is -0.0144. The third kappa shape index (κ3) is 2.36. The minimum Gasteiger partial charge on any atom is -0.430 e. The first-order valence-corrected chi connectivity index (χ1v) is 4.22. The molecule has 1 aliphatic carbocycles. The van der Waals surface area contributed by atoms with Gasteiger partial charge in [0.15, 0.2) is 5.60 Å². The van der Waals surface area contributed by atoms with Crippen molar-refractivity contribution in [3.8, 4) is 12.3 Å². The zero-order valence-corrected chi connectivity index (χ0v) is 7.32. The fourth-order valence-electron chi connectivity index (χ4n) is 1.65. The summed E-state index contributed by atoms with van der Waals surface area (Å²) < 4.78 is 4.84. The minimum absolute atomic E-state index is 0.284. The van der Waals surface area contributed by atoms with E-state index in [1.54, 1.807) is 0 Å². The highest BCUT2D eigenvalue weighted by Crippen LogP contribution is 2.31. The first kappa shape index (κ1) is 9.87. The zero-order chi connectivity index (χ0) is 9.90. The number of aliphatic hydroxyl groups is 1. The van der Waals surface area contributed by atoms with Crippen molar-refractivity contribution in [2.75, 3.05) is 0 Å². The minimum atomic E-state index is -0.983. The summed E-state index contributed by atoms with van der Waals surface area (Å²) in [6.07, 6.45) is 6.18. The lowest BCUT2D eigenvalue weighted by Gasteiger charge is -2.33. The van der Waals surface area contributed by atoms with Gasteiger partial charge in [-0.15, -0.1) is 6.42 Å². The molecule has 72 valence electrons. The van der Waals surface area contributed by atoms with Crippen LogP contribution in [0.3, 0.4) is 0 Å². The summed E-state index contributed by atoms with van der Waals surface area (Å²) in [4.78, 5) is 10.6. The SMILES string of the molecule is C#C[C@@]1(OC(N)=O)CCC[C@H](O)C1. The first-order chi connectivity index (χ1) is 6.08. The van der Waals surface area contributed by atoms with Crippen LogP contribution in [0.1, 0.15) is 25.7 Å². The third-order valence-electron chi connectivity index (χ3n) is 2.24. The van der Waals surface area contributed by atoms with Crippen LogP contribution in [-0.4, -0.2) is 22.9 Å². The van der Waals surface area contributed by atoms with Crippen LogP contribution < -0.4 is 5.73 Å². The van der Waals surface area contributed by atoms with Gasteiger partial charge in [-0.25, -0.2) is 4.79 Å². The second-order valence-electron chi connectivity index (χ2n) is 3.31. The number of carbonyl (C=O) groups is 1. The maximum absolute atomic E-state index is 10.6. The van der Waals surface area contributed by atoms with Gasteiger partial charge in [0, 0.05) is 6.42 Å². The number of primary amides is 1. The van der Waals surface area contributed by atoms with Crippen molar-refractivity contribution >= 4 is 6.09 Å². The number of amides is 1. The zero-order valence-electron chi connectivity index (χ0n) is 7.32. The molecule has 0 aromatic heterocycles. The molecule has 1 aliphatic rings. The molecule has 0 bridgehead atoms. The van der Waals surface area contributed by atoms with Crippen LogP contribution in [0.25, 0.3) is 0 Å². The van der Waals surface area contributed by atoms with Crippen molar-refractivity contribution in [3.05, 3.63) is 0 Å². The van der Waals surface area contributed by atoms with Gasteiger partial charge in [0.1, 0.15) is 0 Å². The molecule has 0 unspecified atom stereocenters. The Hall–Kier alpha value is -1.21. The van der Waals surface area contributed by atoms with Crippen LogP contribution in [0.2, 0.25) is 0 Å². The molecule has 1 amide bonds. The molecule has 0 heterocycles. The van der Waals surface area contributed by atoms with E-state index in [0.717, 1.165) is 6.42 Å². The van der Waals surface area contributed by atoms with Crippen molar-refractivity contribution in [1.82, 2.24) is 0 Å². The lowest BCUT2D eigenvalue weighted by Crippen LogP contribution is -2.41. The fraction of sp³-hybridized carbons (Fsp3) is 0.667. The predicted molar refractivity (Wildman–Crippen MR) is 46.7 cm³/mol. The average Bonchev–Trinajstić information content (AvgIpc) is 2.03. The number of hydrogen-bond donors (Lipinski definition) is 2. The largest absolute Gasteiger partial charge is 0.430 e. The maximum Gasteiger partial charge on any atom is 0.406 e. The molecule has 13 heavy (non-hydrogen) atoms. The maximum atomic E-state index is 10.6. The molecule has 1 rings (SSSR count). The average molecular weight is 183 g/mol. The number of terminal acetylenes is 1. The van der Waals surface area contributed by atoms with E-state index in [1.807, 2.05) is 0 Å². The van der Waals surface area contributed by atoms with E-state index in [0.29, 0.717) is 12.8 Å². The van der Waals surface area contributed by atoms with E-state index in [4.69, 9.17) is 16.9 Å². The van der Waals surface area contributed by atoms with E-state index in [-0.39, 0.29) is 6.42 Å². The number of carbonyl (C=O) groups excluding carboxylic acids is 1. The van der Waals surface area contributed by atoms with Gasteiger partial charge in [0.25, 0.3) is 0 Å². The summed E-state index contributed by atoms with van der Waals surface area (Å²) in [5.41, 5.74) is 3.91. The van der Waals surface area contributed by atoms with Gasteiger partial charge >= 0.3 is 6.09 Å². The quantitative estimate of drug-likeness (QED) is 0.577. The van der Waals surface area contributed by atoms with Crippen LogP contribution >= 0.6 is 0 Å². The Morgan fingerprint density at radius 1 is 1.77 bits per heavy atom. The molecule has 0 radical (unpaired) electrons. The second kappa shape index (κ2) is 3.67. The summed E-state index contributed by atoms with van der Waals surface area (Å²) in [5.74, 6) is 2.40. The van der Waals surface area contributed by atoms with Gasteiger partial charge < -0.3 is 15.6 Å². The summed E-state index contributed by atoms with van der Waals surface area (Å²) in [6.45, 7) is 0. The highest BCUT2D eigenvalue weighted by Gasteiger charge is 2.37. The second-order valence-corrected chi connectivity index (χ2v) is 3.31. The van der Waals surface area contributed by atoms with E-state index < -0.39 is 17.8 Å². The van der Waals surface area contributed by atoms with Gasteiger partial charge in [0.05, 0.1) is 6.10 Å². The highest BCUT2D eigenvalue weighted by molar-refractivity contribution is 5.65. The Bertz CT molecular complexity index is 246.